The number of aliphatic hydroxyl groups excluding tert-OH is 2. The molecule has 0 unspecified atom stereocenters. The zero-order valence-corrected chi connectivity index (χ0v) is 18.1. The first-order chi connectivity index (χ1) is 15.5. The van der Waals surface area contributed by atoms with Crippen molar-refractivity contribution in [1.82, 2.24) is 10.6 Å². The molecule has 0 spiro atoms. The van der Waals surface area contributed by atoms with Crippen LogP contribution in [0.5, 0.6) is 5.75 Å². The molecule has 2 atom stereocenters. The van der Waals surface area contributed by atoms with E-state index in [1.54, 1.807) is 19.1 Å². The molecule has 0 saturated carbocycles. The fourth-order valence-electron chi connectivity index (χ4n) is 2.82. The number of carbonyl (C=O) groups is 2. The number of nitrogens with one attached hydrogen (secondary N) is 3. The van der Waals surface area contributed by atoms with Gasteiger partial charge in [-0.3, -0.25) is 4.79 Å². The number of esters is 1. The molecule has 2 aromatic carbocycles. The fourth-order valence-corrected chi connectivity index (χ4v) is 2.82. The summed E-state index contributed by atoms with van der Waals surface area (Å²) in [5.74, 6) is 0.186. The summed E-state index contributed by atoms with van der Waals surface area (Å²) >= 11 is 0. The van der Waals surface area contributed by atoms with Gasteiger partial charge in [-0.15, -0.1) is 0 Å². The highest BCUT2D eigenvalue weighted by atomic mass is 16.5. The maximum Gasteiger partial charge on any atom is 0.325 e. The van der Waals surface area contributed by atoms with Crippen LogP contribution in [0.2, 0.25) is 0 Å². The monoisotopic (exact) mass is 445 g/mol. The van der Waals surface area contributed by atoms with E-state index in [0.29, 0.717) is 17.9 Å². The lowest BCUT2D eigenvalue weighted by Crippen LogP contribution is -2.41. The van der Waals surface area contributed by atoms with Gasteiger partial charge in [-0.1, -0.05) is 30.3 Å². The number of para-hydroxylation sites is 1. The Balaban J connectivity index is 1.72. The number of aliphatic hydroxyl groups is 2. The van der Waals surface area contributed by atoms with Crippen LogP contribution in [0, 0.1) is 0 Å². The molecule has 2 amide bonds. The molecular weight excluding hydrogens is 414 g/mol. The summed E-state index contributed by atoms with van der Waals surface area (Å²) in [6, 6.07) is 15.6. The van der Waals surface area contributed by atoms with E-state index in [1.807, 2.05) is 42.5 Å². The van der Waals surface area contributed by atoms with Crippen molar-refractivity contribution >= 4 is 17.7 Å². The lowest BCUT2D eigenvalue weighted by atomic mass is 10.1. The third kappa shape index (κ3) is 9.78. The van der Waals surface area contributed by atoms with Gasteiger partial charge in [0.2, 0.25) is 0 Å². The van der Waals surface area contributed by atoms with Crippen molar-refractivity contribution in [3.8, 4) is 5.75 Å². The standard InChI is InChI=1S/C23H31N3O6/c1-2-31-22(29)14-25-23(30)26-18-10-8-17(9-11-18)12-19(15-27)24-13-20(28)16-32-21-6-4-3-5-7-21/h3-11,19-20,24,27-28H,2,12-16H2,1H3,(H2,25,26,30)/t19-,20-/m0/s1. The highest BCUT2D eigenvalue weighted by Crippen LogP contribution is 2.12. The number of rotatable bonds is 13. The van der Waals surface area contributed by atoms with Crippen LogP contribution < -0.4 is 20.7 Å². The summed E-state index contributed by atoms with van der Waals surface area (Å²) in [4.78, 5) is 23.1. The van der Waals surface area contributed by atoms with Crippen LogP contribution in [0.3, 0.4) is 0 Å². The van der Waals surface area contributed by atoms with Crippen molar-refractivity contribution < 1.29 is 29.3 Å². The quantitative estimate of drug-likeness (QED) is 0.294. The van der Waals surface area contributed by atoms with Gasteiger partial charge in [-0.2, -0.15) is 0 Å². The Hall–Kier alpha value is -3.14. The molecule has 5 N–H and O–H groups in total. The molecule has 0 fully saturated rings. The van der Waals surface area contributed by atoms with E-state index in [2.05, 4.69) is 16.0 Å². The maximum atomic E-state index is 11.8. The second-order valence-electron chi connectivity index (χ2n) is 7.08. The zero-order valence-electron chi connectivity index (χ0n) is 18.1. The van der Waals surface area contributed by atoms with Crippen molar-refractivity contribution in [3.63, 3.8) is 0 Å². The summed E-state index contributed by atoms with van der Waals surface area (Å²) in [5.41, 5.74) is 1.51. The highest BCUT2D eigenvalue weighted by Gasteiger charge is 2.12. The Kier molecular flexibility index (Phi) is 11.0. The Morgan fingerprint density at radius 1 is 1.06 bits per heavy atom. The smallest absolute Gasteiger partial charge is 0.325 e. The molecule has 174 valence electrons. The molecule has 0 radical (unpaired) electrons. The highest BCUT2D eigenvalue weighted by molar-refractivity contribution is 5.91. The van der Waals surface area contributed by atoms with Crippen molar-refractivity contribution in [2.45, 2.75) is 25.5 Å². The summed E-state index contributed by atoms with van der Waals surface area (Å²) in [6.07, 6.45) is -0.179. The van der Waals surface area contributed by atoms with Gasteiger partial charge in [0, 0.05) is 18.3 Å². The van der Waals surface area contributed by atoms with Gasteiger partial charge in [0.25, 0.3) is 0 Å². The van der Waals surface area contributed by atoms with E-state index in [-0.39, 0.29) is 39.0 Å². The first-order valence-corrected chi connectivity index (χ1v) is 10.5. The van der Waals surface area contributed by atoms with E-state index in [0.717, 1.165) is 5.56 Å². The number of benzene rings is 2. The summed E-state index contributed by atoms with van der Waals surface area (Å²) in [5, 5.41) is 27.9. The molecule has 0 aliphatic rings. The predicted octanol–water partition coefficient (Wildman–Crippen LogP) is 1.30. The Morgan fingerprint density at radius 3 is 2.44 bits per heavy atom. The van der Waals surface area contributed by atoms with Gasteiger partial charge in [0.15, 0.2) is 0 Å². The van der Waals surface area contributed by atoms with E-state index in [9.17, 15) is 19.8 Å². The van der Waals surface area contributed by atoms with Crippen LogP contribution in [0.4, 0.5) is 10.5 Å². The summed E-state index contributed by atoms with van der Waals surface area (Å²) in [7, 11) is 0. The minimum absolute atomic E-state index is 0.0947. The fraction of sp³-hybridized carbons (Fsp3) is 0.391. The second kappa shape index (κ2) is 14.0. The van der Waals surface area contributed by atoms with Crippen LogP contribution in [0.25, 0.3) is 0 Å². The minimum Gasteiger partial charge on any atom is -0.491 e. The molecule has 2 aromatic rings. The van der Waals surface area contributed by atoms with Crippen LogP contribution >= 0.6 is 0 Å². The Labute approximate surface area is 187 Å². The number of hydrogen-bond acceptors (Lipinski definition) is 7. The molecule has 0 aliphatic carbocycles. The van der Waals surface area contributed by atoms with Crippen LogP contribution in [0.1, 0.15) is 12.5 Å². The number of urea groups is 1. The van der Waals surface area contributed by atoms with Gasteiger partial charge in [0.05, 0.1) is 13.2 Å². The van der Waals surface area contributed by atoms with Crippen molar-refractivity contribution in [3.05, 3.63) is 60.2 Å². The first-order valence-electron chi connectivity index (χ1n) is 10.5. The number of amides is 2. The normalized spacial score (nSPS) is 12.5. The number of anilines is 1. The third-order valence-electron chi connectivity index (χ3n) is 4.44. The van der Waals surface area contributed by atoms with Gasteiger partial charge >= 0.3 is 12.0 Å². The third-order valence-corrected chi connectivity index (χ3v) is 4.44. The molecule has 9 nitrogen and oxygen atoms in total. The largest absolute Gasteiger partial charge is 0.491 e. The Bertz CT molecular complexity index is 816. The molecule has 32 heavy (non-hydrogen) atoms. The van der Waals surface area contributed by atoms with E-state index in [4.69, 9.17) is 9.47 Å². The minimum atomic E-state index is -0.719. The van der Waals surface area contributed by atoms with Gasteiger partial charge in [-0.25, -0.2) is 4.79 Å². The van der Waals surface area contributed by atoms with Gasteiger partial charge < -0.3 is 35.6 Å². The maximum absolute atomic E-state index is 11.8. The second-order valence-corrected chi connectivity index (χ2v) is 7.08. The summed E-state index contributed by atoms with van der Waals surface area (Å²) in [6.45, 7) is 2.07. The summed E-state index contributed by atoms with van der Waals surface area (Å²) < 4.78 is 10.3. The van der Waals surface area contributed by atoms with Crippen LogP contribution in [0.15, 0.2) is 54.6 Å². The van der Waals surface area contributed by atoms with Crippen LogP contribution in [-0.4, -0.2) is 67.3 Å². The topological polar surface area (TPSA) is 129 Å². The van der Waals surface area contributed by atoms with E-state index >= 15 is 0 Å². The predicted molar refractivity (Wildman–Crippen MR) is 121 cm³/mol. The van der Waals surface area contributed by atoms with Crippen molar-refractivity contribution in [1.29, 1.82) is 0 Å². The first kappa shape index (κ1) is 25.1. The lowest BCUT2D eigenvalue weighted by molar-refractivity contribution is -0.141. The van der Waals surface area contributed by atoms with Crippen molar-refractivity contribution in [2.24, 2.45) is 0 Å². The zero-order chi connectivity index (χ0) is 23.2. The number of carbonyl (C=O) groups excluding carboxylic acids is 2. The lowest BCUT2D eigenvalue weighted by Gasteiger charge is -2.19. The number of ether oxygens (including phenoxy) is 2. The molecule has 2 rings (SSSR count). The van der Waals surface area contributed by atoms with E-state index in [1.165, 1.54) is 0 Å². The molecule has 0 saturated heterocycles. The van der Waals surface area contributed by atoms with E-state index < -0.39 is 18.1 Å². The molecular formula is C23H31N3O6. The average molecular weight is 446 g/mol. The molecule has 0 aromatic heterocycles. The molecule has 0 heterocycles. The van der Waals surface area contributed by atoms with Crippen LogP contribution in [-0.2, 0) is 16.0 Å². The molecule has 0 bridgehead atoms. The van der Waals surface area contributed by atoms with Crippen molar-refractivity contribution in [2.75, 3.05) is 38.2 Å². The molecule has 9 heteroatoms. The Morgan fingerprint density at radius 2 is 1.78 bits per heavy atom. The molecule has 0 aliphatic heterocycles. The van der Waals surface area contributed by atoms with Gasteiger partial charge in [0.1, 0.15) is 25.0 Å². The number of hydrogen-bond donors (Lipinski definition) is 5. The average Bonchev–Trinajstić information content (AvgIpc) is 2.81. The van der Waals surface area contributed by atoms with Gasteiger partial charge in [-0.05, 0) is 43.2 Å². The SMILES string of the molecule is CCOC(=O)CNC(=O)Nc1ccc(C[C@@H](CO)NC[C@H](O)COc2ccccc2)cc1.